The number of rotatable bonds is 6. The molecule has 0 unspecified atom stereocenters. The Bertz CT molecular complexity index is 901. The Morgan fingerprint density at radius 3 is 2.48 bits per heavy atom. The van der Waals surface area contributed by atoms with Gasteiger partial charge < -0.3 is 14.2 Å². The third kappa shape index (κ3) is 4.73. The number of nitrogens with zero attached hydrogens (tertiary/aromatic N) is 3. The molecule has 6 nitrogen and oxygen atoms in total. The minimum Gasteiger partial charge on any atom is -0.481 e. The number of benzene rings is 2. The normalized spacial score (nSPS) is 11.9. The topological polar surface area (TPSA) is 68.5 Å². The molecule has 0 fully saturated rings. The molecule has 0 saturated carbocycles. The van der Waals surface area contributed by atoms with Crippen molar-refractivity contribution in [3.63, 3.8) is 0 Å². The van der Waals surface area contributed by atoms with E-state index < -0.39 is 6.10 Å². The van der Waals surface area contributed by atoms with Crippen LogP contribution in [0.25, 0.3) is 11.4 Å². The van der Waals surface area contributed by atoms with Crippen LogP contribution in [0.15, 0.2) is 53.1 Å². The van der Waals surface area contributed by atoms with Gasteiger partial charge in [-0.05, 0) is 44.0 Å². The second-order valence-corrected chi connectivity index (χ2v) is 6.66. The van der Waals surface area contributed by atoms with Crippen LogP contribution in [0.1, 0.15) is 23.9 Å². The Hall–Kier alpha value is -3.15. The van der Waals surface area contributed by atoms with Crippen molar-refractivity contribution in [1.82, 2.24) is 15.0 Å². The molecule has 3 rings (SSSR count). The molecule has 1 aromatic heterocycles. The lowest BCUT2D eigenvalue weighted by molar-refractivity contribution is -0.137. The molecule has 27 heavy (non-hydrogen) atoms. The van der Waals surface area contributed by atoms with Crippen molar-refractivity contribution < 1.29 is 14.1 Å². The SMILES string of the molecule is Cc1cc(C)cc(O[C@H](C)C(=O)N(C)Cc2nc(-c3ccccc3)no2)c1. The van der Waals surface area contributed by atoms with Gasteiger partial charge in [0.1, 0.15) is 5.75 Å². The first-order chi connectivity index (χ1) is 12.9. The molecule has 2 aromatic carbocycles. The second kappa shape index (κ2) is 8.03. The number of ether oxygens (including phenoxy) is 1. The highest BCUT2D eigenvalue weighted by Gasteiger charge is 2.21. The third-order valence-corrected chi connectivity index (χ3v) is 4.10. The summed E-state index contributed by atoms with van der Waals surface area (Å²) in [6.07, 6.45) is -0.618. The smallest absolute Gasteiger partial charge is 0.263 e. The van der Waals surface area contributed by atoms with Gasteiger partial charge in [0.25, 0.3) is 5.91 Å². The van der Waals surface area contributed by atoms with Crippen molar-refractivity contribution in [3.05, 3.63) is 65.5 Å². The van der Waals surface area contributed by atoms with Gasteiger partial charge in [0.2, 0.25) is 11.7 Å². The van der Waals surface area contributed by atoms with Gasteiger partial charge in [-0.2, -0.15) is 4.98 Å². The fourth-order valence-corrected chi connectivity index (χ4v) is 2.87. The van der Waals surface area contributed by atoms with Crippen molar-refractivity contribution >= 4 is 5.91 Å². The lowest BCUT2D eigenvalue weighted by Crippen LogP contribution is -2.37. The number of carbonyl (C=O) groups excluding carboxylic acids is 1. The summed E-state index contributed by atoms with van der Waals surface area (Å²) in [4.78, 5) is 18.5. The van der Waals surface area contributed by atoms with Crippen molar-refractivity contribution in [1.29, 1.82) is 0 Å². The summed E-state index contributed by atoms with van der Waals surface area (Å²) in [5, 5.41) is 3.98. The van der Waals surface area contributed by atoms with Crippen LogP contribution in [-0.2, 0) is 11.3 Å². The number of hydrogen-bond donors (Lipinski definition) is 0. The van der Waals surface area contributed by atoms with Crippen LogP contribution in [0.2, 0.25) is 0 Å². The minimum atomic E-state index is -0.618. The summed E-state index contributed by atoms with van der Waals surface area (Å²) >= 11 is 0. The standard InChI is InChI=1S/C21H23N3O3/c1-14-10-15(2)12-18(11-14)26-16(3)21(25)24(4)13-19-22-20(23-27-19)17-8-6-5-7-9-17/h5-12,16H,13H2,1-4H3/t16-/m1/s1. The van der Waals surface area contributed by atoms with Gasteiger partial charge in [-0.1, -0.05) is 41.6 Å². The van der Waals surface area contributed by atoms with Crippen LogP contribution < -0.4 is 4.74 Å². The van der Waals surface area contributed by atoms with E-state index in [9.17, 15) is 4.79 Å². The van der Waals surface area contributed by atoms with Crippen molar-refractivity contribution in [2.45, 2.75) is 33.4 Å². The number of amides is 1. The summed E-state index contributed by atoms with van der Waals surface area (Å²) in [5.74, 6) is 1.41. The lowest BCUT2D eigenvalue weighted by Gasteiger charge is -2.21. The number of aryl methyl sites for hydroxylation is 2. The maximum Gasteiger partial charge on any atom is 0.263 e. The Balaban J connectivity index is 1.62. The zero-order chi connectivity index (χ0) is 19.4. The monoisotopic (exact) mass is 365 g/mol. The highest BCUT2D eigenvalue weighted by atomic mass is 16.5. The van der Waals surface area contributed by atoms with E-state index in [4.69, 9.17) is 9.26 Å². The second-order valence-electron chi connectivity index (χ2n) is 6.66. The summed E-state index contributed by atoms with van der Waals surface area (Å²) in [7, 11) is 1.69. The maximum atomic E-state index is 12.6. The number of carbonyl (C=O) groups is 1. The van der Waals surface area contributed by atoms with E-state index in [1.807, 2.05) is 56.3 Å². The summed E-state index contributed by atoms with van der Waals surface area (Å²) in [6.45, 7) is 5.95. The molecule has 1 amide bonds. The Kier molecular flexibility index (Phi) is 5.54. The van der Waals surface area contributed by atoms with Gasteiger partial charge in [-0.15, -0.1) is 0 Å². The van der Waals surface area contributed by atoms with E-state index in [-0.39, 0.29) is 12.5 Å². The molecule has 0 N–H and O–H groups in total. The van der Waals surface area contributed by atoms with Crippen LogP contribution in [0, 0.1) is 13.8 Å². The lowest BCUT2D eigenvalue weighted by atomic mass is 10.1. The van der Waals surface area contributed by atoms with E-state index in [0.29, 0.717) is 17.5 Å². The molecule has 140 valence electrons. The van der Waals surface area contributed by atoms with Crippen molar-refractivity contribution in [2.75, 3.05) is 7.05 Å². The van der Waals surface area contributed by atoms with Crippen LogP contribution in [0.4, 0.5) is 0 Å². The average molecular weight is 365 g/mol. The zero-order valence-corrected chi connectivity index (χ0v) is 16.0. The fourth-order valence-electron chi connectivity index (χ4n) is 2.87. The van der Waals surface area contributed by atoms with Crippen molar-refractivity contribution in [3.8, 4) is 17.1 Å². The third-order valence-electron chi connectivity index (χ3n) is 4.10. The largest absolute Gasteiger partial charge is 0.481 e. The Labute approximate surface area is 158 Å². The highest BCUT2D eigenvalue weighted by molar-refractivity contribution is 5.80. The first-order valence-electron chi connectivity index (χ1n) is 8.80. The molecule has 1 atom stereocenters. The molecule has 0 bridgehead atoms. The maximum absolute atomic E-state index is 12.6. The van der Waals surface area contributed by atoms with Gasteiger partial charge in [-0.25, -0.2) is 0 Å². The summed E-state index contributed by atoms with van der Waals surface area (Å²) in [6, 6.07) is 15.5. The zero-order valence-electron chi connectivity index (χ0n) is 16.0. The first kappa shape index (κ1) is 18.6. The molecule has 0 aliphatic heterocycles. The fraction of sp³-hybridized carbons (Fsp3) is 0.286. The molecule has 0 spiro atoms. The van der Waals surface area contributed by atoms with Crippen LogP contribution >= 0.6 is 0 Å². The molecule has 6 heteroatoms. The van der Waals surface area contributed by atoms with E-state index in [1.165, 1.54) is 4.90 Å². The molecule has 0 aliphatic carbocycles. The number of hydrogen-bond acceptors (Lipinski definition) is 5. The minimum absolute atomic E-state index is 0.159. The quantitative estimate of drug-likeness (QED) is 0.665. The highest BCUT2D eigenvalue weighted by Crippen LogP contribution is 2.19. The molecule has 0 aliphatic rings. The molecular formula is C21H23N3O3. The molecule has 0 saturated heterocycles. The van der Waals surface area contributed by atoms with E-state index >= 15 is 0 Å². The van der Waals surface area contributed by atoms with Crippen LogP contribution in [0.5, 0.6) is 5.75 Å². The van der Waals surface area contributed by atoms with E-state index in [1.54, 1.807) is 14.0 Å². The van der Waals surface area contributed by atoms with Crippen LogP contribution in [0.3, 0.4) is 0 Å². The molecule has 0 radical (unpaired) electrons. The van der Waals surface area contributed by atoms with E-state index in [2.05, 4.69) is 16.2 Å². The van der Waals surface area contributed by atoms with Gasteiger partial charge in [0.15, 0.2) is 6.10 Å². The average Bonchev–Trinajstić information content (AvgIpc) is 3.09. The predicted molar refractivity (Wildman–Crippen MR) is 102 cm³/mol. The van der Waals surface area contributed by atoms with E-state index in [0.717, 1.165) is 16.7 Å². The number of likely N-dealkylation sites (N-methyl/N-ethyl adjacent to an activating group) is 1. The number of aromatic nitrogens is 2. The van der Waals surface area contributed by atoms with Gasteiger partial charge in [0, 0.05) is 12.6 Å². The van der Waals surface area contributed by atoms with Gasteiger partial charge in [0.05, 0.1) is 6.54 Å². The molecule has 3 aromatic rings. The predicted octanol–water partition coefficient (Wildman–Crippen LogP) is 3.78. The first-order valence-corrected chi connectivity index (χ1v) is 8.80. The van der Waals surface area contributed by atoms with Gasteiger partial charge in [-0.3, -0.25) is 4.79 Å². The van der Waals surface area contributed by atoms with Gasteiger partial charge >= 0.3 is 0 Å². The Morgan fingerprint density at radius 1 is 1.15 bits per heavy atom. The summed E-state index contributed by atoms with van der Waals surface area (Å²) < 4.78 is 11.1. The molecular weight excluding hydrogens is 342 g/mol. The van der Waals surface area contributed by atoms with Crippen LogP contribution in [-0.4, -0.2) is 34.1 Å². The summed E-state index contributed by atoms with van der Waals surface area (Å²) in [5.41, 5.74) is 3.06. The molecule has 1 heterocycles. The Morgan fingerprint density at radius 2 is 1.81 bits per heavy atom. The van der Waals surface area contributed by atoms with Crippen molar-refractivity contribution in [2.24, 2.45) is 0 Å².